The molecule has 0 unspecified atom stereocenters. The lowest BCUT2D eigenvalue weighted by molar-refractivity contribution is 0.366. The second kappa shape index (κ2) is 5.40. The minimum absolute atomic E-state index is 0.394. The van der Waals surface area contributed by atoms with E-state index < -0.39 is 0 Å². The fourth-order valence-electron chi connectivity index (χ4n) is 1.92. The molecule has 1 N–H and O–H groups in total. The van der Waals surface area contributed by atoms with Crippen LogP contribution in [0.15, 0.2) is 22.8 Å². The summed E-state index contributed by atoms with van der Waals surface area (Å²) < 4.78 is 5.39. The highest BCUT2D eigenvalue weighted by molar-refractivity contribution is 7.80. The molecule has 1 aliphatic heterocycles. The first-order valence-corrected chi connectivity index (χ1v) is 6.41. The highest BCUT2D eigenvalue weighted by Crippen LogP contribution is 2.16. The molecule has 0 saturated carbocycles. The SMILES string of the molecule is CC(C)NC(=S)N1CCN(c2ccco2)CC1. The Labute approximate surface area is 108 Å². The van der Waals surface area contributed by atoms with Crippen LogP contribution in [0.3, 0.4) is 0 Å². The Kier molecular flexibility index (Phi) is 3.89. The molecule has 1 aromatic rings. The Morgan fingerprint density at radius 3 is 2.59 bits per heavy atom. The Hall–Kier alpha value is -1.23. The summed E-state index contributed by atoms with van der Waals surface area (Å²) >= 11 is 5.36. The van der Waals surface area contributed by atoms with Crippen LogP contribution < -0.4 is 10.2 Å². The summed E-state index contributed by atoms with van der Waals surface area (Å²) in [5.74, 6) is 0.951. The van der Waals surface area contributed by atoms with Crippen LogP contribution in [0.25, 0.3) is 0 Å². The van der Waals surface area contributed by atoms with E-state index >= 15 is 0 Å². The van der Waals surface area contributed by atoms with Gasteiger partial charge >= 0.3 is 0 Å². The van der Waals surface area contributed by atoms with Gasteiger partial charge in [0, 0.05) is 38.3 Å². The third-order valence-corrected chi connectivity index (χ3v) is 3.17. The smallest absolute Gasteiger partial charge is 0.195 e. The van der Waals surface area contributed by atoms with Gasteiger partial charge in [0.15, 0.2) is 11.0 Å². The molecule has 2 rings (SSSR count). The number of piperazine rings is 1. The zero-order valence-electron chi connectivity index (χ0n) is 10.3. The second-order valence-corrected chi connectivity index (χ2v) is 4.92. The third-order valence-electron chi connectivity index (χ3n) is 2.80. The van der Waals surface area contributed by atoms with Gasteiger partial charge in [-0.15, -0.1) is 0 Å². The standard InChI is InChI=1S/C12H19N3OS/c1-10(2)13-12(17)15-7-5-14(6-8-15)11-4-3-9-16-11/h3-4,9-10H,5-8H2,1-2H3,(H,13,17). The molecule has 0 bridgehead atoms. The zero-order valence-corrected chi connectivity index (χ0v) is 11.2. The zero-order chi connectivity index (χ0) is 12.3. The van der Waals surface area contributed by atoms with E-state index in [0.29, 0.717) is 6.04 Å². The molecular weight excluding hydrogens is 234 g/mol. The average Bonchev–Trinajstić information content (AvgIpc) is 2.82. The van der Waals surface area contributed by atoms with Crippen molar-refractivity contribution in [1.29, 1.82) is 0 Å². The van der Waals surface area contributed by atoms with Gasteiger partial charge in [-0.05, 0) is 32.1 Å². The van der Waals surface area contributed by atoms with Gasteiger partial charge in [0.25, 0.3) is 0 Å². The van der Waals surface area contributed by atoms with Crippen molar-refractivity contribution in [3.63, 3.8) is 0 Å². The molecule has 2 heterocycles. The third kappa shape index (κ3) is 3.12. The molecule has 1 aliphatic rings. The molecule has 1 saturated heterocycles. The number of thiocarbonyl (C=S) groups is 1. The lowest BCUT2D eigenvalue weighted by atomic mass is 10.3. The van der Waals surface area contributed by atoms with Crippen LogP contribution in [0.5, 0.6) is 0 Å². The van der Waals surface area contributed by atoms with Gasteiger partial charge in [-0.25, -0.2) is 0 Å². The lowest BCUT2D eigenvalue weighted by Gasteiger charge is -2.36. The minimum atomic E-state index is 0.394. The first kappa shape index (κ1) is 12.2. The number of furan rings is 1. The van der Waals surface area contributed by atoms with Gasteiger partial charge in [0.1, 0.15) is 0 Å². The van der Waals surface area contributed by atoms with E-state index in [1.165, 1.54) is 0 Å². The Morgan fingerprint density at radius 2 is 2.06 bits per heavy atom. The van der Waals surface area contributed by atoms with E-state index in [1.54, 1.807) is 6.26 Å². The molecule has 1 aromatic heterocycles. The van der Waals surface area contributed by atoms with Gasteiger partial charge in [0.2, 0.25) is 0 Å². The van der Waals surface area contributed by atoms with Crippen LogP contribution in [-0.2, 0) is 0 Å². The maximum atomic E-state index is 5.39. The van der Waals surface area contributed by atoms with Crippen LogP contribution in [0.2, 0.25) is 0 Å². The van der Waals surface area contributed by atoms with Gasteiger partial charge in [-0.3, -0.25) is 0 Å². The van der Waals surface area contributed by atoms with Crippen molar-refractivity contribution >= 4 is 23.2 Å². The lowest BCUT2D eigenvalue weighted by Crippen LogP contribution is -2.52. The number of nitrogens with one attached hydrogen (secondary N) is 1. The number of anilines is 1. The van der Waals surface area contributed by atoms with Gasteiger partial charge in [-0.1, -0.05) is 0 Å². The molecule has 0 atom stereocenters. The maximum absolute atomic E-state index is 5.39. The Balaban J connectivity index is 1.84. The molecule has 4 nitrogen and oxygen atoms in total. The van der Waals surface area contributed by atoms with Crippen LogP contribution in [-0.4, -0.2) is 42.2 Å². The second-order valence-electron chi connectivity index (χ2n) is 4.53. The first-order chi connectivity index (χ1) is 8.16. The van der Waals surface area contributed by atoms with Crippen molar-refractivity contribution in [2.45, 2.75) is 19.9 Å². The van der Waals surface area contributed by atoms with Crippen LogP contribution >= 0.6 is 12.2 Å². The normalized spacial score (nSPS) is 16.4. The van der Waals surface area contributed by atoms with E-state index in [4.69, 9.17) is 16.6 Å². The Bertz CT molecular complexity index is 356. The van der Waals surface area contributed by atoms with Gasteiger partial charge in [0.05, 0.1) is 6.26 Å². The number of hydrogen-bond donors (Lipinski definition) is 1. The molecule has 0 radical (unpaired) electrons. The molecule has 5 heteroatoms. The largest absolute Gasteiger partial charge is 0.449 e. The fraction of sp³-hybridized carbons (Fsp3) is 0.583. The quantitative estimate of drug-likeness (QED) is 0.811. The number of nitrogens with zero attached hydrogens (tertiary/aromatic N) is 2. The van der Waals surface area contributed by atoms with Crippen molar-refractivity contribution < 1.29 is 4.42 Å². The topological polar surface area (TPSA) is 31.6 Å². The summed E-state index contributed by atoms with van der Waals surface area (Å²) in [6.45, 7) is 8.00. The van der Waals surface area contributed by atoms with Crippen LogP contribution in [0, 0.1) is 0 Å². The molecule has 17 heavy (non-hydrogen) atoms. The molecule has 0 aromatic carbocycles. The van der Waals surface area contributed by atoms with E-state index in [2.05, 4.69) is 29.0 Å². The molecular formula is C12H19N3OS. The summed E-state index contributed by atoms with van der Waals surface area (Å²) in [5.41, 5.74) is 0. The maximum Gasteiger partial charge on any atom is 0.195 e. The monoisotopic (exact) mass is 253 g/mol. The van der Waals surface area contributed by atoms with Crippen molar-refractivity contribution in [3.05, 3.63) is 18.4 Å². The molecule has 0 spiro atoms. The van der Waals surface area contributed by atoms with Crippen LogP contribution in [0.1, 0.15) is 13.8 Å². The first-order valence-electron chi connectivity index (χ1n) is 6.00. The molecule has 94 valence electrons. The van der Waals surface area contributed by atoms with E-state index in [0.717, 1.165) is 37.2 Å². The number of rotatable bonds is 2. The van der Waals surface area contributed by atoms with Crippen molar-refractivity contribution in [3.8, 4) is 0 Å². The molecule has 0 aliphatic carbocycles. The van der Waals surface area contributed by atoms with Crippen molar-refractivity contribution in [2.24, 2.45) is 0 Å². The van der Waals surface area contributed by atoms with Gasteiger partial charge < -0.3 is 19.5 Å². The van der Waals surface area contributed by atoms with E-state index in [9.17, 15) is 0 Å². The fourth-order valence-corrected chi connectivity index (χ4v) is 2.34. The summed E-state index contributed by atoms with van der Waals surface area (Å²) in [5, 5.41) is 4.14. The van der Waals surface area contributed by atoms with Crippen LogP contribution in [0.4, 0.5) is 5.88 Å². The van der Waals surface area contributed by atoms with E-state index in [-0.39, 0.29) is 0 Å². The highest BCUT2D eigenvalue weighted by atomic mass is 32.1. The van der Waals surface area contributed by atoms with Crippen molar-refractivity contribution in [1.82, 2.24) is 10.2 Å². The summed E-state index contributed by atoms with van der Waals surface area (Å²) in [6.07, 6.45) is 1.71. The molecule has 1 fully saturated rings. The van der Waals surface area contributed by atoms with Crippen molar-refractivity contribution in [2.75, 3.05) is 31.1 Å². The number of hydrogen-bond acceptors (Lipinski definition) is 3. The highest BCUT2D eigenvalue weighted by Gasteiger charge is 2.20. The predicted octanol–water partition coefficient (Wildman–Crippen LogP) is 1.68. The predicted molar refractivity (Wildman–Crippen MR) is 73.4 cm³/mol. The average molecular weight is 253 g/mol. The van der Waals surface area contributed by atoms with E-state index in [1.807, 2.05) is 12.1 Å². The molecule has 0 amide bonds. The van der Waals surface area contributed by atoms with Gasteiger partial charge in [-0.2, -0.15) is 0 Å². The Morgan fingerprint density at radius 1 is 1.35 bits per heavy atom. The summed E-state index contributed by atoms with van der Waals surface area (Å²) in [7, 11) is 0. The minimum Gasteiger partial charge on any atom is -0.449 e. The summed E-state index contributed by atoms with van der Waals surface area (Å²) in [4.78, 5) is 4.46. The summed E-state index contributed by atoms with van der Waals surface area (Å²) in [6, 6.07) is 4.32.